The Morgan fingerprint density at radius 3 is 1.20 bits per heavy atom. The summed E-state index contributed by atoms with van der Waals surface area (Å²) in [7, 11) is -3.06. The third-order valence-electron chi connectivity index (χ3n) is 7.11. The van der Waals surface area contributed by atoms with Gasteiger partial charge in [-0.1, -0.05) is 72.8 Å². The summed E-state index contributed by atoms with van der Waals surface area (Å²) in [6.45, 7) is 0. The average Bonchev–Trinajstić information content (AvgIpc) is 3.27. The van der Waals surface area contributed by atoms with Crippen LogP contribution in [-0.2, 0) is 4.57 Å². The first-order valence-electron chi connectivity index (χ1n) is 12.7. The monoisotopic (exact) mass is 543 g/mol. The fraction of sp³-hybridized carbons (Fsp3) is 0. The van der Waals surface area contributed by atoms with Crippen molar-refractivity contribution >= 4 is 23.1 Å². The minimum absolute atomic E-state index is 0.361. The van der Waals surface area contributed by atoms with Crippen molar-refractivity contribution in [2.24, 2.45) is 0 Å². The van der Waals surface area contributed by atoms with E-state index in [1.165, 1.54) is 24.3 Å². The Labute approximate surface area is 229 Å². The molecule has 40 heavy (non-hydrogen) atoms. The highest BCUT2D eigenvalue weighted by molar-refractivity contribution is 7.86. The smallest absolute Gasteiger partial charge is 0.172 e. The predicted octanol–water partition coefficient (Wildman–Crippen LogP) is 6.77. The van der Waals surface area contributed by atoms with Crippen molar-refractivity contribution in [1.82, 2.24) is 15.0 Å². The molecule has 192 valence electrons. The van der Waals surface area contributed by atoms with Gasteiger partial charge in [0.15, 0.2) is 24.6 Å². The molecule has 0 atom stereocenters. The first-order chi connectivity index (χ1) is 19.5. The summed E-state index contributed by atoms with van der Waals surface area (Å²) in [5.41, 5.74) is 3.93. The van der Waals surface area contributed by atoms with Gasteiger partial charge in [-0.25, -0.2) is 23.7 Å². The van der Waals surface area contributed by atoms with Crippen LogP contribution in [0.1, 0.15) is 0 Å². The molecule has 0 saturated carbocycles. The van der Waals surface area contributed by atoms with Crippen LogP contribution in [0.3, 0.4) is 0 Å². The molecule has 6 aromatic rings. The number of fused-ring (bicyclic) bond motifs is 3. The summed E-state index contributed by atoms with van der Waals surface area (Å²) in [5.74, 6) is 0.389. The molecule has 1 aromatic heterocycles. The second-order valence-electron chi connectivity index (χ2n) is 9.51. The largest absolute Gasteiger partial charge is 0.309 e. The summed E-state index contributed by atoms with van der Waals surface area (Å²) in [6.07, 6.45) is 0. The van der Waals surface area contributed by atoms with Gasteiger partial charge < -0.3 is 4.57 Å². The molecule has 4 nitrogen and oxygen atoms in total. The predicted molar refractivity (Wildman–Crippen MR) is 154 cm³/mol. The molecule has 0 radical (unpaired) electrons. The van der Waals surface area contributed by atoms with Crippen LogP contribution in [-0.4, -0.2) is 15.0 Å². The van der Waals surface area contributed by atoms with E-state index < -0.39 is 7.14 Å². The lowest BCUT2D eigenvalue weighted by molar-refractivity contribution is 0.593. The Morgan fingerprint density at radius 1 is 0.450 bits per heavy atom. The standard InChI is InChI=1S/C33H20F2N3OP/c34-24-15-9-21(10-16-24)31-36-32(22-11-17-25(35)18-12-22)38-33(37-31)23-13-19-26(20-14-23)40(39)29-7-3-1-5-27(29)28-6-2-4-8-30(28)40/h1-20H. The molecule has 2 heterocycles. The molecular weight excluding hydrogens is 523 g/mol. The highest BCUT2D eigenvalue weighted by Crippen LogP contribution is 2.52. The van der Waals surface area contributed by atoms with Gasteiger partial charge in [0.25, 0.3) is 0 Å². The van der Waals surface area contributed by atoms with Crippen LogP contribution in [0.4, 0.5) is 8.78 Å². The second-order valence-corrected chi connectivity index (χ2v) is 12.2. The van der Waals surface area contributed by atoms with E-state index in [0.717, 1.165) is 27.0 Å². The van der Waals surface area contributed by atoms with E-state index in [0.29, 0.717) is 34.2 Å². The fourth-order valence-corrected chi connectivity index (χ4v) is 8.19. The number of nitrogens with zero attached hydrogens (tertiary/aromatic N) is 3. The van der Waals surface area contributed by atoms with Crippen molar-refractivity contribution in [2.45, 2.75) is 0 Å². The van der Waals surface area contributed by atoms with Crippen molar-refractivity contribution < 1.29 is 13.3 Å². The van der Waals surface area contributed by atoms with Gasteiger partial charge in [-0.05, 0) is 59.7 Å². The number of hydrogen-bond donors (Lipinski definition) is 0. The Bertz CT molecular complexity index is 1830. The zero-order chi connectivity index (χ0) is 27.3. The van der Waals surface area contributed by atoms with Crippen LogP contribution in [0.2, 0.25) is 0 Å². The van der Waals surface area contributed by atoms with Gasteiger partial charge in [0, 0.05) is 32.6 Å². The van der Waals surface area contributed by atoms with E-state index >= 15 is 0 Å². The minimum atomic E-state index is -3.06. The quantitative estimate of drug-likeness (QED) is 0.230. The molecular formula is C33H20F2N3OP. The summed E-state index contributed by atoms with van der Waals surface area (Å²) in [5, 5.41) is 2.39. The molecule has 0 unspecified atom stereocenters. The minimum Gasteiger partial charge on any atom is -0.309 e. The SMILES string of the molecule is O=P1(c2ccc(-c3nc(-c4ccc(F)cc4)nc(-c4ccc(F)cc4)n3)cc2)c2ccccc2-c2ccccc21. The van der Waals surface area contributed by atoms with Gasteiger partial charge >= 0.3 is 0 Å². The van der Waals surface area contributed by atoms with Crippen LogP contribution in [0.15, 0.2) is 121 Å². The van der Waals surface area contributed by atoms with E-state index in [4.69, 9.17) is 0 Å². The van der Waals surface area contributed by atoms with Gasteiger partial charge in [0.2, 0.25) is 0 Å². The Morgan fingerprint density at radius 2 is 0.800 bits per heavy atom. The Kier molecular flexibility index (Phi) is 5.72. The van der Waals surface area contributed by atoms with Gasteiger partial charge in [-0.3, -0.25) is 0 Å². The second kappa shape index (κ2) is 9.44. The molecule has 0 fully saturated rings. The first-order valence-corrected chi connectivity index (χ1v) is 14.4. The van der Waals surface area contributed by atoms with Crippen LogP contribution in [0.25, 0.3) is 45.3 Å². The van der Waals surface area contributed by atoms with Crippen molar-refractivity contribution in [3.8, 4) is 45.3 Å². The van der Waals surface area contributed by atoms with E-state index in [1.807, 2.05) is 72.8 Å². The van der Waals surface area contributed by atoms with E-state index in [1.54, 1.807) is 24.3 Å². The maximum atomic E-state index is 14.7. The average molecular weight is 544 g/mol. The molecule has 5 aromatic carbocycles. The van der Waals surface area contributed by atoms with Crippen LogP contribution in [0.5, 0.6) is 0 Å². The number of benzene rings is 5. The van der Waals surface area contributed by atoms with Gasteiger partial charge in [-0.2, -0.15) is 0 Å². The molecule has 0 amide bonds. The van der Waals surface area contributed by atoms with Crippen molar-refractivity contribution in [2.75, 3.05) is 0 Å². The maximum absolute atomic E-state index is 14.7. The number of hydrogen-bond acceptors (Lipinski definition) is 4. The highest BCUT2D eigenvalue weighted by Gasteiger charge is 2.39. The molecule has 0 spiro atoms. The summed E-state index contributed by atoms with van der Waals surface area (Å²) < 4.78 is 41.9. The summed E-state index contributed by atoms with van der Waals surface area (Å²) in [4.78, 5) is 13.9. The molecule has 0 N–H and O–H groups in total. The van der Waals surface area contributed by atoms with Gasteiger partial charge in [-0.15, -0.1) is 0 Å². The lowest BCUT2D eigenvalue weighted by atomic mass is 10.1. The highest BCUT2D eigenvalue weighted by atomic mass is 31.2. The topological polar surface area (TPSA) is 55.7 Å². The van der Waals surface area contributed by atoms with Crippen molar-refractivity contribution in [3.63, 3.8) is 0 Å². The maximum Gasteiger partial charge on any atom is 0.172 e. The third-order valence-corrected chi connectivity index (χ3v) is 10.3. The van der Waals surface area contributed by atoms with Crippen LogP contribution >= 0.6 is 7.14 Å². The third kappa shape index (κ3) is 3.96. The molecule has 7 rings (SSSR count). The summed E-state index contributed by atoms with van der Waals surface area (Å²) in [6, 6.07) is 34.9. The normalized spacial score (nSPS) is 13.1. The lowest BCUT2D eigenvalue weighted by Gasteiger charge is -2.16. The fourth-order valence-electron chi connectivity index (χ4n) is 5.14. The van der Waals surface area contributed by atoms with Crippen molar-refractivity contribution in [3.05, 3.63) is 133 Å². The zero-order valence-electron chi connectivity index (χ0n) is 21.0. The molecule has 0 aliphatic carbocycles. The van der Waals surface area contributed by atoms with E-state index in [2.05, 4.69) is 15.0 Å². The molecule has 1 aliphatic heterocycles. The lowest BCUT2D eigenvalue weighted by Crippen LogP contribution is -2.20. The first kappa shape index (κ1) is 24.3. The Balaban J connectivity index is 1.35. The van der Waals surface area contributed by atoms with E-state index in [-0.39, 0.29) is 11.6 Å². The summed E-state index contributed by atoms with van der Waals surface area (Å²) >= 11 is 0. The molecule has 0 saturated heterocycles. The number of rotatable bonds is 4. The molecule has 0 bridgehead atoms. The van der Waals surface area contributed by atoms with Crippen molar-refractivity contribution in [1.29, 1.82) is 0 Å². The van der Waals surface area contributed by atoms with Gasteiger partial charge in [0.1, 0.15) is 11.6 Å². The molecule has 1 aliphatic rings. The molecule has 7 heteroatoms. The Hall–Kier alpha value is -4.80. The van der Waals surface area contributed by atoms with Crippen LogP contribution in [0, 0.1) is 11.6 Å². The zero-order valence-corrected chi connectivity index (χ0v) is 21.9. The van der Waals surface area contributed by atoms with E-state index in [9.17, 15) is 13.3 Å². The number of aromatic nitrogens is 3. The number of halogens is 2. The van der Waals surface area contributed by atoms with Gasteiger partial charge in [0.05, 0.1) is 0 Å². The van der Waals surface area contributed by atoms with Crippen LogP contribution < -0.4 is 15.9 Å².